The average molecular weight is 388 g/mol. The summed E-state index contributed by atoms with van der Waals surface area (Å²) in [5.74, 6) is 0.205. The third kappa shape index (κ3) is 3.45. The zero-order chi connectivity index (χ0) is 17.1. The van der Waals surface area contributed by atoms with Crippen molar-refractivity contribution in [2.24, 2.45) is 0 Å². The maximum Gasteiger partial charge on any atom is 0.0468 e. The molecule has 0 fully saturated rings. The van der Waals surface area contributed by atoms with Gasteiger partial charge >= 0.3 is 0 Å². The highest BCUT2D eigenvalue weighted by Gasteiger charge is 2.15. The van der Waals surface area contributed by atoms with Crippen LogP contribution in [0.4, 0.5) is 0 Å². The van der Waals surface area contributed by atoms with Crippen molar-refractivity contribution in [1.29, 1.82) is 0 Å². The van der Waals surface area contributed by atoms with E-state index >= 15 is 0 Å². The van der Waals surface area contributed by atoms with Crippen LogP contribution in [0.5, 0.6) is 0 Å². The molecule has 0 aliphatic carbocycles. The van der Waals surface area contributed by atoms with Gasteiger partial charge in [0.2, 0.25) is 0 Å². The van der Waals surface area contributed by atoms with E-state index in [4.69, 9.17) is 0 Å². The van der Waals surface area contributed by atoms with Gasteiger partial charge in [-0.1, -0.05) is 94.8 Å². The third-order valence-electron chi connectivity index (χ3n) is 4.45. The van der Waals surface area contributed by atoms with Gasteiger partial charge in [0.05, 0.1) is 0 Å². The van der Waals surface area contributed by atoms with E-state index in [1.165, 1.54) is 22.1 Å². The van der Waals surface area contributed by atoms with E-state index in [-0.39, 0.29) is 5.92 Å². The molecule has 4 aromatic rings. The van der Waals surface area contributed by atoms with E-state index < -0.39 is 0 Å². The Morgan fingerprint density at radius 1 is 0.840 bits per heavy atom. The summed E-state index contributed by atoms with van der Waals surface area (Å²) < 4.78 is 1.09. The molecular formula is C23H18BrN. The molecule has 0 unspecified atom stereocenters. The minimum atomic E-state index is 0.205. The number of hydrogen-bond acceptors (Lipinski definition) is 0. The SMILES string of the molecule is Brc1ccc2c([C@H](/C=C/c3ccccc3)c3ccccc3)c[nH]c2c1. The van der Waals surface area contributed by atoms with Gasteiger partial charge in [-0.2, -0.15) is 0 Å². The van der Waals surface area contributed by atoms with Gasteiger partial charge in [0, 0.05) is 27.5 Å². The summed E-state index contributed by atoms with van der Waals surface area (Å²) in [7, 11) is 0. The van der Waals surface area contributed by atoms with Crippen LogP contribution in [0.25, 0.3) is 17.0 Å². The third-order valence-corrected chi connectivity index (χ3v) is 4.94. The first-order chi connectivity index (χ1) is 12.3. The molecule has 4 rings (SSSR count). The molecule has 0 saturated carbocycles. The Bertz CT molecular complexity index is 1000. The molecule has 1 N–H and O–H groups in total. The molecule has 0 aliphatic heterocycles. The van der Waals surface area contributed by atoms with E-state index in [1.807, 2.05) is 6.07 Å². The van der Waals surface area contributed by atoms with Gasteiger partial charge in [0.1, 0.15) is 0 Å². The second-order valence-electron chi connectivity index (χ2n) is 6.09. The van der Waals surface area contributed by atoms with Crippen LogP contribution in [-0.2, 0) is 0 Å². The van der Waals surface area contributed by atoms with Crippen LogP contribution in [0, 0.1) is 0 Å². The van der Waals surface area contributed by atoms with Crippen LogP contribution in [0.2, 0.25) is 0 Å². The van der Waals surface area contributed by atoms with Crippen molar-refractivity contribution < 1.29 is 0 Å². The van der Waals surface area contributed by atoms with Crippen LogP contribution in [-0.4, -0.2) is 4.98 Å². The second-order valence-corrected chi connectivity index (χ2v) is 7.01. The first-order valence-corrected chi connectivity index (χ1v) is 9.15. The molecule has 122 valence electrons. The first kappa shape index (κ1) is 15.9. The van der Waals surface area contributed by atoms with Crippen molar-refractivity contribution in [2.75, 3.05) is 0 Å². The number of aromatic nitrogens is 1. The Balaban J connectivity index is 1.81. The zero-order valence-corrected chi connectivity index (χ0v) is 15.3. The van der Waals surface area contributed by atoms with Gasteiger partial charge < -0.3 is 4.98 Å². The maximum absolute atomic E-state index is 3.55. The zero-order valence-electron chi connectivity index (χ0n) is 13.7. The monoisotopic (exact) mass is 387 g/mol. The van der Waals surface area contributed by atoms with Gasteiger partial charge in [-0.15, -0.1) is 0 Å². The normalized spacial score (nSPS) is 12.7. The standard InChI is InChI=1S/C23H18BrN/c24-19-12-14-21-22(16-25-23(21)15-19)20(18-9-5-2-6-10-18)13-11-17-7-3-1-4-8-17/h1-16,20,25H/b13-11+/t20-/m1/s1. The van der Waals surface area contributed by atoms with Gasteiger partial charge in [0.15, 0.2) is 0 Å². The van der Waals surface area contributed by atoms with Crippen molar-refractivity contribution in [3.63, 3.8) is 0 Å². The van der Waals surface area contributed by atoms with E-state index in [0.717, 1.165) is 9.99 Å². The highest BCUT2D eigenvalue weighted by molar-refractivity contribution is 9.10. The van der Waals surface area contributed by atoms with Crippen LogP contribution in [0.1, 0.15) is 22.6 Å². The summed E-state index contributed by atoms with van der Waals surface area (Å²) in [5.41, 5.74) is 4.95. The van der Waals surface area contributed by atoms with Gasteiger partial charge in [-0.05, 0) is 28.8 Å². The predicted molar refractivity (Wildman–Crippen MR) is 110 cm³/mol. The summed E-state index contributed by atoms with van der Waals surface area (Å²) in [6, 6.07) is 27.5. The van der Waals surface area contributed by atoms with E-state index in [1.54, 1.807) is 0 Å². The van der Waals surface area contributed by atoms with Crippen molar-refractivity contribution in [3.05, 3.63) is 112 Å². The fraction of sp³-hybridized carbons (Fsp3) is 0.0435. The lowest BCUT2D eigenvalue weighted by Gasteiger charge is -2.13. The summed E-state index contributed by atoms with van der Waals surface area (Å²) in [6.45, 7) is 0. The van der Waals surface area contributed by atoms with Crippen LogP contribution < -0.4 is 0 Å². The minimum absolute atomic E-state index is 0.205. The Labute approximate surface area is 156 Å². The molecule has 1 heterocycles. The molecule has 25 heavy (non-hydrogen) atoms. The van der Waals surface area contributed by atoms with Gasteiger partial charge in [0.25, 0.3) is 0 Å². The van der Waals surface area contributed by atoms with E-state index in [0.29, 0.717) is 0 Å². The number of H-pyrrole nitrogens is 1. The van der Waals surface area contributed by atoms with Crippen LogP contribution in [0.15, 0.2) is 95.6 Å². The number of hydrogen-bond donors (Lipinski definition) is 1. The number of halogens is 1. The Kier molecular flexibility index (Phi) is 4.53. The topological polar surface area (TPSA) is 15.8 Å². The quantitative estimate of drug-likeness (QED) is 0.397. The first-order valence-electron chi connectivity index (χ1n) is 8.36. The summed E-state index contributed by atoms with van der Waals surface area (Å²) in [6.07, 6.45) is 6.62. The van der Waals surface area contributed by atoms with Crippen LogP contribution in [0.3, 0.4) is 0 Å². The highest BCUT2D eigenvalue weighted by atomic mass is 79.9. The number of nitrogens with one attached hydrogen (secondary N) is 1. The second kappa shape index (κ2) is 7.12. The predicted octanol–water partition coefficient (Wildman–Crippen LogP) is 6.78. The molecule has 0 spiro atoms. The minimum Gasteiger partial charge on any atom is -0.361 e. The number of fused-ring (bicyclic) bond motifs is 1. The molecule has 1 nitrogen and oxygen atoms in total. The largest absolute Gasteiger partial charge is 0.361 e. The Morgan fingerprint density at radius 3 is 2.32 bits per heavy atom. The number of aromatic amines is 1. The van der Waals surface area contributed by atoms with E-state index in [2.05, 4.69) is 112 Å². The molecule has 0 radical (unpaired) electrons. The Morgan fingerprint density at radius 2 is 1.56 bits per heavy atom. The number of rotatable bonds is 4. The molecule has 1 atom stereocenters. The molecule has 2 heteroatoms. The number of benzene rings is 3. The molecule has 0 bridgehead atoms. The highest BCUT2D eigenvalue weighted by Crippen LogP contribution is 2.33. The smallest absolute Gasteiger partial charge is 0.0468 e. The van der Waals surface area contributed by atoms with Crippen molar-refractivity contribution in [2.45, 2.75) is 5.92 Å². The summed E-state index contributed by atoms with van der Waals surface area (Å²) >= 11 is 3.55. The molecule has 0 saturated heterocycles. The number of allylic oxidation sites excluding steroid dienone is 1. The van der Waals surface area contributed by atoms with Gasteiger partial charge in [-0.25, -0.2) is 0 Å². The molecular weight excluding hydrogens is 370 g/mol. The van der Waals surface area contributed by atoms with Gasteiger partial charge in [-0.3, -0.25) is 0 Å². The average Bonchev–Trinajstić information content (AvgIpc) is 3.06. The summed E-state index contributed by atoms with van der Waals surface area (Å²) in [5, 5.41) is 1.26. The molecule has 0 aliphatic rings. The molecule has 1 aromatic heterocycles. The van der Waals surface area contributed by atoms with Crippen LogP contribution >= 0.6 is 15.9 Å². The lowest BCUT2D eigenvalue weighted by atomic mass is 9.90. The molecule has 3 aromatic carbocycles. The van der Waals surface area contributed by atoms with E-state index in [9.17, 15) is 0 Å². The Hall–Kier alpha value is -2.58. The molecule has 0 amide bonds. The van der Waals surface area contributed by atoms with Crippen molar-refractivity contribution in [1.82, 2.24) is 4.98 Å². The van der Waals surface area contributed by atoms with Crippen molar-refractivity contribution in [3.8, 4) is 0 Å². The lowest BCUT2D eigenvalue weighted by Crippen LogP contribution is -1.96. The fourth-order valence-corrected chi connectivity index (χ4v) is 3.57. The summed E-state index contributed by atoms with van der Waals surface area (Å²) in [4.78, 5) is 3.41. The maximum atomic E-state index is 3.55. The fourth-order valence-electron chi connectivity index (χ4n) is 3.20. The lowest BCUT2D eigenvalue weighted by molar-refractivity contribution is 1.04. The van der Waals surface area contributed by atoms with Crippen molar-refractivity contribution >= 4 is 32.9 Å².